The lowest BCUT2D eigenvalue weighted by Crippen LogP contribution is -2.26. The molecule has 2 N–H and O–H groups in total. The van der Waals surface area contributed by atoms with Crippen LogP contribution in [0.5, 0.6) is 0 Å². The number of hydrogen-bond acceptors (Lipinski definition) is 3. The van der Waals surface area contributed by atoms with Crippen molar-refractivity contribution >= 4 is 17.2 Å². The molecule has 0 aliphatic heterocycles. The summed E-state index contributed by atoms with van der Waals surface area (Å²) in [6, 6.07) is 9.45. The summed E-state index contributed by atoms with van der Waals surface area (Å²) in [5.41, 5.74) is 8.79. The van der Waals surface area contributed by atoms with Crippen molar-refractivity contribution in [3.05, 3.63) is 63.3 Å². The summed E-state index contributed by atoms with van der Waals surface area (Å²) >= 11 is 4.90. The maximum atomic E-state index is 11.9. The first-order valence-electron chi connectivity index (χ1n) is 5.91. The Kier molecular flexibility index (Phi) is 3.76. The lowest BCUT2D eigenvalue weighted by atomic mass is 10.1. The highest BCUT2D eigenvalue weighted by Crippen LogP contribution is 2.07. The zero-order chi connectivity index (χ0) is 14.0. The number of aryl methyl sites for hydroxylation is 2. The molecule has 0 spiro atoms. The van der Waals surface area contributed by atoms with Gasteiger partial charge in [-0.3, -0.25) is 4.57 Å². The minimum Gasteiger partial charge on any atom is -0.389 e. The summed E-state index contributed by atoms with van der Waals surface area (Å²) in [6.45, 7) is 4.21. The van der Waals surface area contributed by atoms with Crippen molar-refractivity contribution in [3.63, 3.8) is 0 Å². The molecule has 0 amide bonds. The molecule has 2 rings (SSSR count). The van der Waals surface area contributed by atoms with E-state index in [1.807, 2.05) is 44.2 Å². The molecular formula is C14H15N3OS. The van der Waals surface area contributed by atoms with Crippen molar-refractivity contribution in [3.8, 4) is 0 Å². The van der Waals surface area contributed by atoms with Crippen LogP contribution in [-0.2, 0) is 6.54 Å². The maximum Gasteiger partial charge on any atom is 0.348 e. The number of rotatable bonds is 3. The fourth-order valence-electron chi connectivity index (χ4n) is 1.92. The van der Waals surface area contributed by atoms with Gasteiger partial charge in [0.05, 0.1) is 6.54 Å². The molecule has 0 radical (unpaired) electrons. The molecule has 98 valence electrons. The number of nitrogens with two attached hydrogens (primary N) is 1. The first kappa shape index (κ1) is 13.4. The van der Waals surface area contributed by atoms with Crippen molar-refractivity contribution in [2.24, 2.45) is 5.73 Å². The Morgan fingerprint density at radius 1 is 1.32 bits per heavy atom. The van der Waals surface area contributed by atoms with Crippen molar-refractivity contribution < 1.29 is 0 Å². The van der Waals surface area contributed by atoms with E-state index in [0.717, 1.165) is 22.5 Å². The maximum absolute atomic E-state index is 11.9. The third-order valence-electron chi connectivity index (χ3n) is 2.93. The second-order valence-electron chi connectivity index (χ2n) is 4.47. The van der Waals surface area contributed by atoms with E-state index in [4.69, 9.17) is 18.0 Å². The third kappa shape index (κ3) is 3.06. The van der Waals surface area contributed by atoms with Crippen molar-refractivity contribution in [1.29, 1.82) is 0 Å². The van der Waals surface area contributed by atoms with E-state index >= 15 is 0 Å². The van der Waals surface area contributed by atoms with Gasteiger partial charge in [-0.05, 0) is 25.5 Å². The van der Waals surface area contributed by atoms with Crippen LogP contribution < -0.4 is 11.4 Å². The first-order chi connectivity index (χ1) is 8.97. The number of benzene rings is 1. The zero-order valence-corrected chi connectivity index (χ0v) is 11.7. The highest BCUT2D eigenvalue weighted by molar-refractivity contribution is 7.80. The molecule has 0 saturated heterocycles. The summed E-state index contributed by atoms with van der Waals surface area (Å²) in [7, 11) is 0. The molecule has 0 aliphatic rings. The second kappa shape index (κ2) is 5.32. The monoisotopic (exact) mass is 273 g/mol. The van der Waals surface area contributed by atoms with E-state index in [9.17, 15) is 4.79 Å². The van der Waals surface area contributed by atoms with Gasteiger partial charge in [0.1, 0.15) is 4.99 Å². The molecule has 19 heavy (non-hydrogen) atoms. The standard InChI is InChI=1S/C14H15N3OS/c1-9-7-10(2)17(14(18)16-9)8-11-3-5-12(6-4-11)13(15)19/h3-7H,8H2,1-2H3,(H2,15,19). The molecule has 1 heterocycles. The van der Waals surface area contributed by atoms with Gasteiger partial charge >= 0.3 is 5.69 Å². The smallest absolute Gasteiger partial charge is 0.348 e. The third-order valence-corrected chi connectivity index (χ3v) is 3.16. The zero-order valence-electron chi connectivity index (χ0n) is 10.9. The van der Waals surface area contributed by atoms with Crippen LogP contribution in [0.4, 0.5) is 0 Å². The van der Waals surface area contributed by atoms with Crippen LogP contribution in [0.2, 0.25) is 0 Å². The molecule has 0 unspecified atom stereocenters. The Balaban J connectivity index is 2.31. The molecule has 1 aromatic heterocycles. The van der Waals surface area contributed by atoms with Gasteiger partial charge in [0.25, 0.3) is 0 Å². The molecule has 0 fully saturated rings. The van der Waals surface area contributed by atoms with Crippen LogP contribution in [0.25, 0.3) is 0 Å². The summed E-state index contributed by atoms with van der Waals surface area (Å²) in [4.78, 5) is 16.2. The van der Waals surface area contributed by atoms with Crippen molar-refractivity contribution in [1.82, 2.24) is 9.55 Å². The van der Waals surface area contributed by atoms with Crippen LogP contribution in [0.3, 0.4) is 0 Å². The van der Waals surface area contributed by atoms with Gasteiger partial charge in [0, 0.05) is 17.0 Å². The Morgan fingerprint density at radius 3 is 2.47 bits per heavy atom. The summed E-state index contributed by atoms with van der Waals surface area (Å²) < 4.78 is 1.64. The fourth-order valence-corrected chi connectivity index (χ4v) is 2.06. The molecule has 2 aromatic rings. The SMILES string of the molecule is Cc1cc(C)n(Cc2ccc(C(N)=S)cc2)c(=O)n1. The van der Waals surface area contributed by atoms with Gasteiger partial charge in [-0.25, -0.2) is 4.79 Å². The van der Waals surface area contributed by atoms with Crippen LogP contribution >= 0.6 is 12.2 Å². The van der Waals surface area contributed by atoms with E-state index in [0.29, 0.717) is 11.5 Å². The summed E-state index contributed by atoms with van der Waals surface area (Å²) in [6.07, 6.45) is 0. The second-order valence-corrected chi connectivity index (χ2v) is 4.91. The highest BCUT2D eigenvalue weighted by atomic mass is 32.1. The minimum atomic E-state index is -0.226. The van der Waals surface area contributed by atoms with Crippen molar-refractivity contribution in [2.45, 2.75) is 20.4 Å². The molecule has 4 nitrogen and oxygen atoms in total. The predicted octanol–water partition coefficient (Wildman–Crippen LogP) is 1.54. The molecule has 0 atom stereocenters. The van der Waals surface area contributed by atoms with Gasteiger partial charge in [-0.1, -0.05) is 36.5 Å². The number of nitrogens with zero attached hydrogens (tertiary/aromatic N) is 2. The van der Waals surface area contributed by atoms with E-state index in [-0.39, 0.29) is 5.69 Å². The quantitative estimate of drug-likeness (QED) is 0.862. The Hall–Kier alpha value is -2.01. The Morgan fingerprint density at radius 2 is 1.95 bits per heavy atom. The normalized spacial score (nSPS) is 10.4. The van der Waals surface area contributed by atoms with Crippen LogP contribution in [0.1, 0.15) is 22.5 Å². The van der Waals surface area contributed by atoms with E-state index in [1.165, 1.54) is 0 Å². The van der Waals surface area contributed by atoms with Gasteiger partial charge in [0.15, 0.2) is 0 Å². The predicted molar refractivity (Wildman–Crippen MR) is 79.4 cm³/mol. The molecule has 0 aliphatic carbocycles. The fraction of sp³-hybridized carbons (Fsp3) is 0.214. The first-order valence-corrected chi connectivity index (χ1v) is 6.32. The number of hydrogen-bond donors (Lipinski definition) is 1. The van der Waals surface area contributed by atoms with Gasteiger partial charge in [-0.2, -0.15) is 4.98 Å². The van der Waals surface area contributed by atoms with Gasteiger partial charge < -0.3 is 5.73 Å². The van der Waals surface area contributed by atoms with E-state index in [1.54, 1.807) is 4.57 Å². The number of aromatic nitrogens is 2. The van der Waals surface area contributed by atoms with Crippen molar-refractivity contribution in [2.75, 3.05) is 0 Å². The van der Waals surface area contributed by atoms with Crippen LogP contribution in [-0.4, -0.2) is 14.5 Å². The summed E-state index contributed by atoms with van der Waals surface area (Å²) in [5, 5.41) is 0. The average Bonchev–Trinajstić information content (AvgIpc) is 2.34. The van der Waals surface area contributed by atoms with E-state index < -0.39 is 0 Å². The van der Waals surface area contributed by atoms with Gasteiger partial charge in [0.2, 0.25) is 0 Å². The lowest BCUT2D eigenvalue weighted by Gasteiger charge is -2.10. The molecular weight excluding hydrogens is 258 g/mol. The van der Waals surface area contributed by atoms with E-state index in [2.05, 4.69) is 4.98 Å². The van der Waals surface area contributed by atoms with Crippen LogP contribution in [0, 0.1) is 13.8 Å². The lowest BCUT2D eigenvalue weighted by molar-refractivity contribution is 0.694. The molecule has 5 heteroatoms. The number of thiocarbonyl (C=S) groups is 1. The molecule has 0 saturated carbocycles. The Labute approximate surface area is 116 Å². The Bertz CT molecular complexity index is 674. The highest BCUT2D eigenvalue weighted by Gasteiger charge is 2.04. The topological polar surface area (TPSA) is 60.9 Å². The molecule has 0 bridgehead atoms. The average molecular weight is 273 g/mol. The van der Waals surface area contributed by atoms with Crippen LogP contribution in [0.15, 0.2) is 35.1 Å². The summed E-state index contributed by atoms with van der Waals surface area (Å²) in [5.74, 6) is 0. The minimum absolute atomic E-state index is 0.226. The molecule has 1 aromatic carbocycles. The van der Waals surface area contributed by atoms with Gasteiger partial charge in [-0.15, -0.1) is 0 Å². The largest absolute Gasteiger partial charge is 0.389 e.